The van der Waals surface area contributed by atoms with Crippen LogP contribution in [-0.4, -0.2) is 12.4 Å². The summed E-state index contributed by atoms with van der Waals surface area (Å²) in [6.07, 6.45) is 7.37. The first-order valence-electron chi connectivity index (χ1n) is 7.57. The third kappa shape index (κ3) is 2.89. The molecule has 19 heavy (non-hydrogen) atoms. The topological polar surface area (TPSA) is 26.3 Å². The lowest BCUT2D eigenvalue weighted by Gasteiger charge is -2.26. The molecule has 2 aliphatic rings. The number of hydrogen-bond donors (Lipinski definition) is 0. The molecule has 0 spiro atoms. The van der Waals surface area contributed by atoms with Crippen LogP contribution in [0.3, 0.4) is 0 Å². The Balaban J connectivity index is 1.60. The molecular formula is C17H22O2. The maximum Gasteiger partial charge on any atom is 0.136 e. The van der Waals surface area contributed by atoms with E-state index in [9.17, 15) is 4.79 Å². The summed E-state index contributed by atoms with van der Waals surface area (Å²) < 4.78 is 5.87. The minimum atomic E-state index is 0.135. The number of ether oxygens (including phenoxy) is 1. The van der Waals surface area contributed by atoms with Crippen LogP contribution >= 0.6 is 0 Å². The van der Waals surface area contributed by atoms with Gasteiger partial charge in [-0.2, -0.15) is 0 Å². The average molecular weight is 258 g/mol. The van der Waals surface area contributed by atoms with Gasteiger partial charge in [-0.25, -0.2) is 0 Å². The summed E-state index contributed by atoms with van der Waals surface area (Å²) in [6.45, 7) is 0.791. The van der Waals surface area contributed by atoms with Gasteiger partial charge in [0.15, 0.2) is 0 Å². The van der Waals surface area contributed by atoms with Crippen LogP contribution in [0.5, 0.6) is 0 Å². The Labute approximate surface area is 115 Å². The largest absolute Gasteiger partial charge is 0.373 e. The van der Waals surface area contributed by atoms with Crippen molar-refractivity contribution >= 4 is 5.78 Å². The number of fused-ring (bicyclic) bond motifs is 1. The van der Waals surface area contributed by atoms with Crippen LogP contribution in [0.25, 0.3) is 0 Å². The quantitative estimate of drug-likeness (QED) is 0.820. The fraction of sp³-hybridized carbons (Fsp3) is 0.588. The Morgan fingerprint density at radius 2 is 2.00 bits per heavy atom. The maximum atomic E-state index is 12.1. The Morgan fingerprint density at radius 1 is 1.21 bits per heavy atom. The second kappa shape index (κ2) is 5.87. The molecule has 0 bridgehead atoms. The number of Topliss-reactive ketones (excluding diaryl/α,β-unsaturated/α-hetero) is 1. The van der Waals surface area contributed by atoms with E-state index in [2.05, 4.69) is 24.3 Å². The van der Waals surface area contributed by atoms with Gasteiger partial charge in [0.1, 0.15) is 5.78 Å². The smallest absolute Gasteiger partial charge is 0.136 e. The molecule has 2 heteroatoms. The van der Waals surface area contributed by atoms with Gasteiger partial charge in [-0.15, -0.1) is 0 Å². The molecule has 0 aromatic heterocycles. The highest BCUT2D eigenvalue weighted by molar-refractivity contribution is 5.81. The average Bonchev–Trinajstić information content (AvgIpc) is 2.99. The predicted molar refractivity (Wildman–Crippen MR) is 75.0 cm³/mol. The molecule has 1 aliphatic carbocycles. The number of rotatable bonds is 4. The fourth-order valence-corrected chi connectivity index (χ4v) is 3.44. The molecule has 3 rings (SSSR count). The predicted octanol–water partition coefficient (Wildman–Crippen LogP) is 3.84. The van der Waals surface area contributed by atoms with Crippen molar-refractivity contribution in [3.05, 3.63) is 35.4 Å². The zero-order chi connectivity index (χ0) is 13.1. The molecular weight excluding hydrogens is 236 g/mol. The highest BCUT2D eigenvalue weighted by atomic mass is 16.5. The SMILES string of the molecule is O=C(CCC1OCCc2ccccc21)C1CCCC1. The minimum absolute atomic E-state index is 0.135. The van der Waals surface area contributed by atoms with E-state index in [-0.39, 0.29) is 6.10 Å². The summed E-state index contributed by atoms with van der Waals surface area (Å²) in [5.41, 5.74) is 2.69. The summed E-state index contributed by atoms with van der Waals surface area (Å²) in [7, 11) is 0. The van der Waals surface area contributed by atoms with E-state index in [0.29, 0.717) is 18.1 Å². The lowest BCUT2D eigenvalue weighted by molar-refractivity contribution is -0.123. The standard InChI is InChI=1S/C17H22O2/c18-16(14-6-1-2-7-14)9-10-17-15-8-4-3-5-13(15)11-12-19-17/h3-5,8,14,17H,1-2,6-7,9-12H2. The van der Waals surface area contributed by atoms with Gasteiger partial charge in [0.2, 0.25) is 0 Å². The molecule has 0 radical (unpaired) electrons. The van der Waals surface area contributed by atoms with Gasteiger partial charge in [0, 0.05) is 12.3 Å². The van der Waals surface area contributed by atoms with Crippen molar-refractivity contribution in [3.63, 3.8) is 0 Å². The second-order valence-corrected chi connectivity index (χ2v) is 5.79. The van der Waals surface area contributed by atoms with Crippen LogP contribution in [0.15, 0.2) is 24.3 Å². The summed E-state index contributed by atoms with van der Waals surface area (Å²) in [5.74, 6) is 0.808. The molecule has 102 valence electrons. The van der Waals surface area contributed by atoms with Crippen molar-refractivity contribution in [2.75, 3.05) is 6.61 Å². The second-order valence-electron chi connectivity index (χ2n) is 5.79. The van der Waals surface area contributed by atoms with Crippen molar-refractivity contribution < 1.29 is 9.53 Å². The number of benzene rings is 1. The van der Waals surface area contributed by atoms with Crippen LogP contribution in [0.4, 0.5) is 0 Å². The number of carbonyl (C=O) groups is 1. The van der Waals surface area contributed by atoms with Crippen molar-refractivity contribution in [3.8, 4) is 0 Å². The number of ketones is 1. The zero-order valence-electron chi connectivity index (χ0n) is 11.4. The van der Waals surface area contributed by atoms with Gasteiger partial charge in [-0.1, -0.05) is 37.1 Å². The minimum Gasteiger partial charge on any atom is -0.373 e. The Morgan fingerprint density at radius 3 is 2.84 bits per heavy atom. The van der Waals surface area contributed by atoms with Gasteiger partial charge in [0.05, 0.1) is 12.7 Å². The first kappa shape index (κ1) is 12.9. The van der Waals surface area contributed by atoms with E-state index >= 15 is 0 Å². The van der Waals surface area contributed by atoms with Gasteiger partial charge >= 0.3 is 0 Å². The summed E-state index contributed by atoms with van der Waals surface area (Å²) in [4.78, 5) is 12.1. The molecule has 0 N–H and O–H groups in total. The van der Waals surface area contributed by atoms with Crippen LogP contribution in [0.2, 0.25) is 0 Å². The number of hydrogen-bond acceptors (Lipinski definition) is 2. The summed E-state index contributed by atoms with van der Waals surface area (Å²) >= 11 is 0. The van der Waals surface area contributed by atoms with Crippen molar-refractivity contribution in [1.29, 1.82) is 0 Å². The van der Waals surface area contributed by atoms with E-state index in [1.54, 1.807) is 0 Å². The molecule has 1 aromatic rings. The van der Waals surface area contributed by atoms with Crippen LogP contribution in [-0.2, 0) is 16.0 Å². The third-order valence-electron chi connectivity index (χ3n) is 4.56. The summed E-state index contributed by atoms with van der Waals surface area (Å²) in [6, 6.07) is 8.49. The first-order valence-corrected chi connectivity index (χ1v) is 7.57. The molecule has 1 fully saturated rings. The molecule has 2 nitrogen and oxygen atoms in total. The highest BCUT2D eigenvalue weighted by Crippen LogP contribution is 2.32. The van der Waals surface area contributed by atoms with Gasteiger partial charge in [0.25, 0.3) is 0 Å². The lowest BCUT2D eigenvalue weighted by atomic mass is 9.92. The fourth-order valence-electron chi connectivity index (χ4n) is 3.44. The Kier molecular flexibility index (Phi) is 3.97. The maximum absolute atomic E-state index is 12.1. The molecule has 1 heterocycles. The molecule has 0 amide bonds. The van der Waals surface area contributed by atoms with E-state index in [1.807, 2.05) is 0 Å². The molecule has 1 saturated carbocycles. The van der Waals surface area contributed by atoms with Gasteiger partial charge in [-0.05, 0) is 36.8 Å². The van der Waals surface area contributed by atoms with Crippen LogP contribution in [0.1, 0.15) is 55.8 Å². The first-order chi connectivity index (χ1) is 9.34. The van der Waals surface area contributed by atoms with E-state index in [4.69, 9.17) is 4.74 Å². The highest BCUT2D eigenvalue weighted by Gasteiger charge is 2.25. The van der Waals surface area contributed by atoms with Gasteiger partial charge < -0.3 is 4.74 Å². The lowest BCUT2D eigenvalue weighted by Crippen LogP contribution is -2.18. The van der Waals surface area contributed by atoms with Crippen LogP contribution in [0, 0.1) is 5.92 Å². The molecule has 0 saturated heterocycles. The molecule has 1 atom stereocenters. The molecule has 1 unspecified atom stereocenters. The Hall–Kier alpha value is -1.15. The molecule has 1 aromatic carbocycles. The van der Waals surface area contributed by atoms with E-state index in [1.165, 1.54) is 24.0 Å². The third-order valence-corrected chi connectivity index (χ3v) is 4.56. The van der Waals surface area contributed by atoms with Crippen LogP contribution < -0.4 is 0 Å². The normalized spacial score (nSPS) is 23.3. The monoisotopic (exact) mass is 258 g/mol. The van der Waals surface area contributed by atoms with Crippen molar-refractivity contribution in [1.82, 2.24) is 0 Å². The zero-order valence-corrected chi connectivity index (χ0v) is 11.4. The van der Waals surface area contributed by atoms with E-state index < -0.39 is 0 Å². The Bertz CT molecular complexity index is 446. The molecule has 1 aliphatic heterocycles. The van der Waals surface area contributed by atoms with Gasteiger partial charge in [-0.3, -0.25) is 4.79 Å². The number of carbonyl (C=O) groups excluding carboxylic acids is 1. The van der Waals surface area contributed by atoms with E-state index in [0.717, 1.165) is 32.3 Å². The van der Waals surface area contributed by atoms with Crippen molar-refractivity contribution in [2.24, 2.45) is 5.92 Å². The summed E-state index contributed by atoms with van der Waals surface area (Å²) in [5, 5.41) is 0. The van der Waals surface area contributed by atoms with Crippen molar-refractivity contribution in [2.45, 2.75) is 51.0 Å².